The van der Waals surface area contributed by atoms with Gasteiger partial charge in [-0.15, -0.1) is 0 Å². The van der Waals surface area contributed by atoms with Crippen LogP contribution in [0.5, 0.6) is 0 Å². The van der Waals surface area contributed by atoms with Crippen molar-refractivity contribution in [3.8, 4) is 0 Å². The number of aryl methyl sites for hydroxylation is 1. The molecule has 5 nitrogen and oxygen atoms in total. The number of aromatic nitrogens is 2. The summed E-state index contributed by atoms with van der Waals surface area (Å²) in [5.41, 5.74) is 2.57. The molecule has 0 atom stereocenters. The lowest BCUT2D eigenvalue weighted by molar-refractivity contribution is -0.121. The normalized spacial score (nSPS) is 10.7. The summed E-state index contributed by atoms with van der Waals surface area (Å²) < 4.78 is 1.96. The number of ketones is 1. The van der Waals surface area contributed by atoms with Crippen LogP contribution in [-0.2, 0) is 18.4 Å². The van der Waals surface area contributed by atoms with Crippen LogP contribution in [0.25, 0.3) is 11.0 Å². The SMILES string of the molecule is Cn1c(CNC(=O)CCC(=O)c2ccccc2)nc2ccccc21. The van der Waals surface area contributed by atoms with E-state index in [1.807, 2.05) is 54.1 Å². The lowest BCUT2D eigenvalue weighted by Crippen LogP contribution is -2.24. The maximum atomic E-state index is 12.0. The van der Waals surface area contributed by atoms with Gasteiger partial charge in [0.05, 0.1) is 17.6 Å². The van der Waals surface area contributed by atoms with E-state index in [-0.39, 0.29) is 24.5 Å². The number of Topliss-reactive ketones (excluding diaryl/α,β-unsaturated/α-hetero) is 1. The summed E-state index contributed by atoms with van der Waals surface area (Å²) >= 11 is 0. The van der Waals surface area contributed by atoms with Crippen LogP contribution in [0.1, 0.15) is 29.0 Å². The van der Waals surface area contributed by atoms with Crippen LogP contribution in [0, 0.1) is 0 Å². The van der Waals surface area contributed by atoms with Crippen molar-refractivity contribution in [1.82, 2.24) is 14.9 Å². The first-order chi connectivity index (χ1) is 11.6. The van der Waals surface area contributed by atoms with Crippen molar-refractivity contribution in [2.45, 2.75) is 19.4 Å². The van der Waals surface area contributed by atoms with Gasteiger partial charge in [-0.05, 0) is 12.1 Å². The minimum absolute atomic E-state index is 0.0199. The standard InChI is InChI=1S/C19H19N3O2/c1-22-16-10-6-5-9-15(16)21-18(22)13-20-19(24)12-11-17(23)14-7-3-2-4-8-14/h2-10H,11-13H2,1H3,(H,20,24). The van der Waals surface area contributed by atoms with Crippen molar-refractivity contribution in [3.63, 3.8) is 0 Å². The molecule has 1 heterocycles. The van der Waals surface area contributed by atoms with Crippen LogP contribution in [0.4, 0.5) is 0 Å². The molecule has 0 aliphatic heterocycles. The van der Waals surface area contributed by atoms with E-state index in [1.54, 1.807) is 12.1 Å². The molecule has 24 heavy (non-hydrogen) atoms. The van der Waals surface area contributed by atoms with E-state index in [1.165, 1.54) is 0 Å². The molecule has 5 heteroatoms. The van der Waals surface area contributed by atoms with Crippen LogP contribution in [0.15, 0.2) is 54.6 Å². The maximum Gasteiger partial charge on any atom is 0.220 e. The average molecular weight is 321 g/mol. The summed E-state index contributed by atoms with van der Waals surface area (Å²) in [4.78, 5) is 28.5. The summed E-state index contributed by atoms with van der Waals surface area (Å²) in [5.74, 6) is 0.624. The van der Waals surface area contributed by atoms with Crippen molar-refractivity contribution in [3.05, 3.63) is 66.0 Å². The van der Waals surface area contributed by atoms with Gasteiger partial charge < -0.3 is 9.88 Å². The Balaban J connectivity index is 1.54. The van der Waals surface area contributed by atoms with Crippen molar-refractivity contribution in [2.24, 2.45) is 7.05 Å². The first-order valence-corrected chi connectivity index (χ1v) is 7.90. The molecule has 2 aromatic carbocycles. The number of para-hydroxylation sites is 2. The molecule has 1 amide bonds. The van der Waals surface area contributed by atoms with Gasteiger partial charge in [-0.1, -0.05) is 42.5 Å². The number of amides is 1. The predicted octanol–water partition coefficient (Wildman–Crippen LogP) is 2.85. The fraction of sp³-hybridized carbons (Fsp3) is 0.211. The molecule has 0 radical (unpaired) electrons. The fourth-order valence-electron chi connectivity index (χ4n) is 2.62. The molecular weight excluding hydrogens is 302 g/mol. The molecule has 0 saturated heterocycles. The minimum Gasteiger partial charge on any atom is -0.349 e. The van der Waals surface area contributed by atoms with E-state index in [4.69, 9.17) is 0 Å². The second kappa shape index (κ2) is 7.08. The molecule has 0 bridgehead atoms. The summed E-state index contributed by atoms with van der Waals surface area (Å²) in [7, 11) is 1.93. The summed E-state index contributed by atoms with van der Waals surface area (Å²) in [6.45, 7) is 0.351. The molecule has 0 fully saturated rings. The third-order valence-electron chi connectivity index (χ3n) is 4.00. The number of imidazole rings is 1. The van der Waals surface area contributed by atoms with Gasteiger partial charge in [0.15, 0.2) is 5.78 Å². The molecule has 1 aromatic heterocycles. The fourth-order valence-corrected chi connectivity index (χ4v) is 2.62. The van der Waals surface area contributed by atoms with E-state index in [0.29, 0.717) is 12.1 Å². The summed E-state index contributed by atoms with van der Waals surface area (Å²) in [6.07, 6.45) is 0.385. The summed E-state index contributed by atoms with van der Waals surface area (Å²) in [6, 6.07) is 16.9. The van der Waals surface area contributed by atoms with E-state index < -0.39 is 0 Å². The number of hydrogen-bond acceptors (Lipinski definition) is 3. The zero-order valence-corrected chi connectivity index (χ0v) is 13.5. The Bertz CT molecular complexity index is 869. The highest BCUT2D eigenvalue weighted by atomic mass is 16.2. The molecule has 0 aliphatic rings. The Labute approximate surface area is 140 Å². The molecular formula is C19H19N3O2. The minimum atomic E-state index is -0.147. The first kappa shape index (κ1) is 15.9. The lowest BCUT2D eigenvalue weighted by atomic mass is 10.1. The van der Waals surface area contributed by atoms with Gasteiger partial charge in [0.2, 0.25) is 5.91 Å². The molecule has 1 N–H and O–H groups in total. The Morgan fingerprint density at radius 3 is 2.46 bits per heavy atom. The predicted molar refractivity (Wildman–Crippen MR) is 92.6 cm³/mol. The van der Waals surface area contributed by atoms with Crippen LogP contribution in [0.2, 0.25) is 0 Å². The number of fused-ring (bicyclic) bond motifs is 1. The van der Waals surface area contributed by atoms with E-state index in [0.717, 1.165) is 16.9 Å². The molecule has 3 aromatic rings. The van der Waals surface area contributed by atoms with Crippen LogP contribution < -0.4 is 5.32 Å². The molecule has 0 spiro atoms. The Hall–Kier alpha value is -2.95. The van der Waals surface area contributed by atoms with Gasteiger partial charge in [0, 0.05) is 25.5 Å². The molecule has 122 valence electrons. The number of benzene rings is 2. The third-order valence-corrected chi connectivity index (χ3v) is 4.00. The molecule has 0 aliphatic carbocycles. The molecule has 0 saturated carbocycles. The Morgan fingerprint density at radius 2 is 1.71 bits per heavy atom. The van der Waals surface area contributed by atoms with E-state index in [2.05, 4.69) is 10.3 Å². The number of carbonyl (C=O) groups excluding carboxylic acids is 2. The topological polar surface area (TPSA) is 64.0 Å². The maximum absolute atomic E-state index is 12.0. The lowest BCUT2D eigenvalue weighted by Gasteiger charge is -2.05. The molecule has 0 unspecified atom stereocenters. The van der Waals surface area contributed by atoms with Crippen molar-refractivity contribution >= 4 is 22.7 Å². The second-order valence-electron chi connectivity index (χ2n) is 5.64. The number of carbonyl (C=O) groups is 2. The highest BCUT2D eigenvalue weighted by Gasteiger charge is 2.11. The molecule has 3 rings (SSSR count). The first-order valence-electron chi connectivity index (χ1n) is 7.90. The van der Waals surface area contributed by atoms with Gasteiger partial charge in [0.1, 0.15) is 5.82 Å². The average Bonchev–Trinajstić information content (AvgIpc) is 2.95. The van der Waals surface area contributed by atoms with Crippen LogP contribution >= 0.6 is 0 Å². The second-order valence-corrected chi connectivity index (χ2v) is 5.64. The van der Waals surface area contributed by atoms with E-state index >= 15 is 0 Å². The smallest absolute Gasteiger partial charge is 0.220 e. The highest BCUT2D eigenvalue weighted by molar-refractivity contribution is 5.97. The largest absolute Gasteiger partial charge is 0.349 e. The van der Waals surface area contributed by atoms with Crippen molar-refractivity contribution in [1.29, 1.82) is 0 Å². The van der Waals surface area contributed by atoms with E-state index in [9.17, 15) is 9.59 Å². The highest BCUT2D eigenvalue weighted by Crippen LogP contribution is 2.14. The van der Waals surface area contributed by atoms with Crippen LogP contribution in [-0.4, -0.2) is 21.2 Å². The van der Waals surface area contributed by atoms with Gasteiger partial charge in [-0.3, -0.25) is 9.59 Å². The number of nitrogens with zero attached hydrogens (tertiary/aromatic N) is 2. The summed E-state index contributed by atoms with van der Waals surface area (Å²) in [5, 5.41) is 2.83. The Morgan fingerprint density at radius 1 is 1.00 bits per heavy atom. The number of rotatable bonds is 6. The zero-order valence-electron chi connectivity index (χ0n) is 13.5. The number of hydrogen-bond donors (Lipinski definition) is 1. The van der Waals surface area contributed by atoms with Gasteiger partial charge in [0.25, 0.3) is 0 Å². The number of nitrogens with one attached hydrogen (secondary N) is 1. The van der Waals surface area contributed by atoms with Gasteiger partial charge >= 0.3 is 0 Å². The zero-order chi connectivity index (χ0) is 16.9. The van der Waals surface area contributed by atoms with Crippen molar-refractivity contribution < 1.29 is 9.59 Å². The van der Waals surface area contributed by atoms with Crippen molar-refractivity contribution in [2.75, 3.05) is 0 Å². The quantitative estimate of drug-likeness (QED) is 0.710. The third kappa shape index (κ3) is 3.51. The van der Waals surface area contributed by atoms with Gasteiger partial charge in [-0.2, -0.15) is 0 Å². The Kier molecular flexibility index (Phi) is 4.70. The van der Waals surface area contributed by atoms with Gasteiger partial charge in [-0.25, -0.2) is 4.98 Å². The monoisotopic (exact) mass is 321 g/mol. The van der Waals surface area contributed by atoms with Crippen LogP contribution in [0.3, 0.4) is 0 Å².